The summed E-state index contributed by atoms with van der Waals surface area (Å²) in [6, 6.07) is 13.1. The Morgan fingerprint density at radius 3 is 2.63 bits per heavy atom. The number of nitrogens with zero attached hydrogens (tertiary/aromatic N) is 1. The lowest BCUT2D eigenvalue weighted by atomic mass is 9.67. The van der Waals surface area contributed by atoms with Crippen molar-refractivity contribution < 1.29 is 9.47 Å². The van der Waals surface area contributed by atoms with Crippen molar-refractivity contribution in [1.82, 2.24) is 0 Å². The Balaban J connectivity index is 0.000000314. The second-order valence-corrected chi connectivity index (χ2v) is 7.34. The van der Waals surface area contributed by atoms with E-state index in [2.05, 4.69) is 53.5 Å². The van der Waals surface area contributed by atoms with Crippen LogP contribution < -0.4 is 0 Å². The molecule has 0 spiro atoms. The van der Waals surface area contributed by atoms with Crippen LogP contribution in [-0.4, -0.2) is 32.8 Å². The average Bonchev–Trinajstić information content (AvgIpc) is 3.33. The molecule has 0 saturated heterocycles. The van der Waals surface area contributed by atoms with Gasteiger partial charge in [-0.05, 0) is 46.7 Å². The lowest BCUT2D eigenvalue weighted by Gasteiger charge is -2.47. The van der Waals surface area contributed by atoms with Gasteiger partial charge in [-0.15, -0.1) is 0 Å². The Hall–Kier alpha value is -2.23. The number of benzene rings is 2. The number of fused-ring (bicyclic) bond motifs is 5. The summed E-state index contributed by atoms with van der Waals surface area (Å²) >= 11 is 0. The lowest BCUT2D eigenvalue weighted by molar-refractivity contribution is -0.241. The van der Waals surface area contributed by atoms with Crippen molar-refractivity contribution in [3.63, 3.8) is 0 Å². The molecule has 5 rings (SSSR count). The minimum absolute atomic E-state index is 0.279. The third-order valence-electron chi connectivity index (χ3n) is 6.04. The van der Waals surface area contributed by atoms with E-state index in [1.807, 2.05) is 12.2 Å². The average molecular weight is 361 g/mol. The highest BCUT2D eigenvalue weighted by Crippen LogP contribution is 2.51. The number of allylic oxidation sites excluding steroid dienone is 2. The van der Waals surface area contributed by atoms with Crippen molar-refractivity contribution in [3.8, 4) is 0 Å². The summed E-state index contributed by atoms with van der Waals surface area (Å²) in [4.78, 5) is 3.85. The monoisotopic (exact) mass is 361 g/mol. The highest BCUT2D eigenvalue weighted by atomic mass is 16.7. The van der Waals surface area contributed by atoms with E-state index in [1.165, 1.54) is 28.3 Å². The zero-order chi connectivity index (χ0) is 18.7. The van der Waals surface area contributed by atoms with Gasteiger partial charge in [-0.3, -0.25) is 4.99 Å². The molecule has 140 valence electrons. The van der Waals surface area contributed by atoms with Crippen LogP contribution in [0.5, 0.6) is 0 Å². The van der Waals surface area contributed by atoms with Crippen LogP contribution in [0.25, 0.3) is 16.8 Å². The third kappa shape index (κ3) is 3.26. The first-order valence-electron chi connectivity index (χ1n) is 9.74. The zero-order valence-electron chi connectivity index (χ0n) is 16.1. The van der Waals surface area contributed by atoms with Crippen LogP contribution in [0.1, 0.15) is 36.3 Å². The van der Waals surface area contributed by atoms with Crippen LogP contribution in [0.3, 0.4) is 0 Å². The van der Waals surface area contributed by atoms with E-state index in [-0.39, 0.29) is 5.92 Å². The number of methoxy groups -OCH3 is 2. The van der Waals surface area contributed by atoms with Gasteiger partial charge in [0.05, 0.1) is 6.54 Å². The van der Waals surface area contributed by atoms with Crippen LogP contribution in [0.4, 0.5) is 0 Å². The second kappa shape index (κ2) is 7.79. The summed E-state index contributed by atoms with van der Waals surface area (Å²) in [5, 5.41) is 2.61. The Labute approximate surface area is 161 Å². The number of rotatable bonds is 2. The summed E-state index contributed by atoms with van der Waals surface area (Å²) in [7, 11) is 3.57. The van der Waals surface area contributed by atoms with Crippen molar-refractivity contribution in [2.75, 3.05) is 20.8 Å². The molecule has 0 bridgehead atoms. The fourth-order valence-electron chi connectivity index (χ4n) is 4.74. The van der Waals surface area contributed by atoms with Crippen molar-refractivity contribution in [2.45, 2.75) is 31.0 Å². The van der Waals surface area contributed by atoms with E-state index in [1.54, 1.807) is 20.4 Å². The number of hydrogen-bond donors (Lipinski definition) is 0. The van der Waals surface area contributed by atoms with Gasteiger partial charge in [0.25, 0.3) is 0 Å². The Bertz CT molecular complexity index is 882. The maximum atomic E-state index is 5.91. The molecule has 3 aliphatic rings. The Morgan fingerprint density at radius 2 is 1.93 bits per heavy atom. The molecule has 27 heavy (non-hydrogen) atoms. The summed E-state index contributed by atoms with van der Waals surface area (Å²) in [5.74, 6) is 0.286. The molecule has 2 atom stereocenters. The van der Waals surface area contributed by atoms with Crippen molar-refractivity contribution >= 4 is 23.1 Å². The van der Waals surface area contributed by atoms with E-state index in [9.17, 15) is 0 Å². The predicted octanol–water partition coefficient (Wildman–Crippen LogP) is 5.37. The smallest absolute Gasteiger partial charge is 0.174 e. The molecule has 2 aliphatic carbocycles. The maximum absolute atomic E-state index is 5.91. The summed E-state index contributed by atoms with van der Waals surface area (Å²) in [6.07, 6.45) is 13.8. The molecule has 1 unspecified atom stereocenters. The van der Waals surface area contributed by atoms with E-state index in [0.29, 0.717) is 5.92 Å². The number of hydrogen-bond acceptors (Lipinski definition) is 3. The molecule has 0 amide bonds. The number of aliphatic imine (C=N–C) groups is 1. The standard InChI is InChI=1S/C20H22O2.C4H5N/c1-21-20(22-2)13-5-7-15-10-11-17-16-8-4-3-6-14(16)9-12-18(17)19(15)20;1-2-4-5-3-1/h3-4,6,8-12,15,19H,5,7,13H2,1-2H3;1-3H,4H2/t15?,19-;/m1./s1. The van der Waals surface area contributed by atoms with Crippen molar-refractivity contribution in [2.24, 2.45) is 10.9 Å². The molecule has 3 nitrogen and oxygen atoms in total. The van der Waals surface area contributed by atoms with Gasteiger partial charge in [0, 0.05) is 32.8 Å². The quantitative estimate of drug-likeness (QED) is 0.674. The van der Waals surface area contributed by atoms with Crippen LogP contribution in [0, 0.1) is 5.92 Å². The van der Waals surface area contributed by atoms with Gasteiger partial charge in [-0.25, -0.2) is 0 Å². The van der Waals surface area contributed by atoms with Crippen LogP contribution >= 0.6 is 0 Å². The topological polar surface area (TPSA) is 30.8 Å². The van der Waals surface area contributed by atoms with Gasteiger partial charge in [0.2, 0.25) is 0 Å². The third-order valence-corrected chi connectivity index (χ3v) is 6.04. The van der Waals surface area contributed by atoms with E-state index in [4.69, 9.17) is 9.47 Å². The van der Waals surface area contributed by atoms with E-state index in [0.717, 1.165) is 19.4 Å². The fourth-order valence-corrected chi connectivity index (χ4v) is 4.74. The SMILES string of the molecule is C1=CCN=C1.COC1(OC)CCCC2C=Cc3c(ccc4ccccc34)[C@@H]21. The molecule has 1 saturated carbocycles. The fraction of sp³-hybridized carbons (Fsp3) is 0.375. The second-order valence-electron chi connectivity index (χ2n) is 7.34. The van der Waals surface area contributed by atoms with Gasteiger partial charge < -0.3 is 9.47 Å². The van der Waals surface area contributed by atoms with Gasteiger partial charge in [0.1, 0.15) is 0 Å². The van der Waals surface area contributed by atoms with Gasteiger partial charge in [0.15, 0.2) is 5.79 Å². The molecule has 3 heteroatoms. The van der Waals surface area contributed by atoms with Crippen LogP contribution in [0.2, 0.25) is 0 Å². The summed E-state index contributed by atoms with van der Waals surface area (Å²) < 4.78 is 11.8. The lowest BCUT2D eigenvalue weighted by Crippen LogP contribution is -2.47. The minimum atomic E-state index is -0.495. The number of ether oxygens (including phenoxy) is 2. The van der Waals surface area contributed by atoms with Gasteiger partial charge in [-0.1, -0.05) is 54.6 Å². The molecule has 0 N–H and O–H groups in total. The molecule has 0 radical (unpaired) electrons. The largest absolute Gasteiger partial charge is 0.353 e. The summed E-state index contributed by atoms with van der Waals surface area (Å²) in [6.45, 7) is 0.889. The first-order chi connectivity index (χ1) is 13.3. The first kappa shape index (κ1) is 18.1. The molecule has 0 aromatic heterocycles. The van der Waals surface area contributed by atoms with Crippen LogP contribution in [0.15, 0.2) is 59.6 Å². The van der Waals surface area contributed by atoms with Gasteiger partial charge >= 0.3 is 0 Å². The van der Waals surface area contributed by atoms with Gasteiger partial charge in [-0.2, -0.15) is 0 Å². The Morgan fingerprint density at radius 1 is 1.07 bits per heavy atom. The molecular formula is C24H27NO2. The highest BCUT2D eigenvalue weighted by Gasteiger charge is 2.48. The normalized spacial score (nSPS) is 24.2. The Kier molecular flexibility index (Phi) is 5.24. The van der Waals surface area contributed by atoms with Crippen LogP contribution in [-0.2, 0) is 9.47 Å². The minimum Gasteiger partial charge on any atom is -0.353 e. The first-order valence-corrected chi connectivity index (χ1v) is 9.74. The predicted molar refractivity (Wildman–Crippen MR) is 112 cm³/mol. The molecule has 1 heterocycles. The molecule has 2 aromatic rings. The van der Waals surface area contributed by atoms with E-state index < -0.39 is 5.79 Å². The molecule has 2 aromatic carbocycles. The molecule has 1 aliphatic heterocycles. The summed E-state index contributed by atoms with van der Waals surface area (Å²) in [5.41, 5.74) is 2.70. The van der Waals surface area contributed by atoms with E-state index >= 15 is 0 Å². The molecule has 1 fully saturated rings. The van der Waals surface area contributed by atoms with Crippen molar-refractivity contribution in [3.05, 3.63) is 65.8 Å². The van der Waals surface area contributed by atoms with Crippen molar-refractivity contribution in [1.29, 1.82) is 0 Å². The zero-order valence-corrected chi connectivity index (χ0v) is 16.1. The maximum Gasteiger partial charge on any atom is 0.174 e. The highest BCUT2D eigenvalue weighted by molar-refractivity contribution is 5.92. The molecular weight excluding hydrogens is 334 g/mol.